The molecule has 5 nitrogen and oxygen atoms in total. The summed E-state index contributed by atoms with van der Waals surface area (Å²) in [5, 5.41) is 0. The van der Waals surface area contributed by atoms with Gasteiger partial charge in [0.1, 0.15) is 0 Å². The van der Waals surface area contributed by atoms with Crippen LogP contribution >= 0.6 is 0 Å². The van der Waals surface area contributed by atoms with Gasteiger partial charge in [0.15, 0.2) is 5.82 Å². The third kappa shape index (κ3) is 4.49. The maximum absolute atomic E-state index is 5.56. The molecule has 1 heterocycles. The molecule has 0 saturated carbocycles. The molecular weight excluding hydrogens is 228 g/mol. The maximum Gasteiger partial charge on any atom is 0.234 e. The molecule has 0 radical (unpaired) electrons. The molecule has 18 heavy (non-hydrogen) atoms. The van der Waals surface area contributed by atoms with Crippen molar-refractivity contribution in [2.75, 3.05) is 18.0 Å². The summed E-state index contributed by atoms with van der Waals surface area (Å²) in [6.45, 7) is 9.78. The Labute approximate surface area is 109 Å². The number of aromatic nitrogens is 2. The van der Waals surface area contributed by atoms with Crippen LogP contribution in [0.3, 0.4) is 0 Å². The van der Waals surface area contributed by atoms with Crippen LogP contribution < -0.4 is 15.4 Å². The Morgan fingerprint density at radius 2 is 2.00 bits per heavy atom. The Hall–Kier alpha value is -1.36. The summed E-state index contributed by atoms with van der Waals surface area (Å²) >= 11 is 0. The third-order valence-electron chi connectivity index (χ3n) is 2.48. The van der Waals surface area contributed by atoms with Gasteiger partial charge in [-0.2, -0.15) is 4.98 Å². The summed E-state index contributed by atoms with van der Waals surface area (Å²) in [6.07, 6.45) is 4.45. The Balaban J connectivity index is 2.83. The number of ether oxygens (including phenoxy) is 1. The van der Waals surface area contributed by atoms with Crippen LogP contribution in [-0.4, -0.2) is 35.2 Å². The molecule has 0 aliphatic carbocycles. The van der Waals surface area contributed by atoms with E-state index in [-0.39, 0.29) is 6.10 Å². The van der Waals surface area contributed by atoms with E-state index in [9.17, 15) is 0 Å². The molecule has 1 aromatic heterocycles. The monoisotopic (exact) mass is 252 g/mol. The molecule has 0 amide bonds. The summed E-state index contributed by atoms with van der Waals surface area (Å²) in [6, 6.07) is 0.361. The lowest BCUT2D eigenvalue weighted by Gasteiger charge is -2.27. The molecule has 0 bridgehead atoms. The molecule has 0 aliphatic heterocycles. The van der Waals surface area contributed by atoms with Crippen molar-refractivity contribution in [3.8, 4) is 5.88 Å². The first-order chi connectivity index (χ1) is 8.54. The molecule has 102 valence electrons. The van der Waals surface area contributed by atoms with Crippen LogP contribution in [0.5, 0.6) is 5.88 Å². The molecule has 1 aromatic rings. The van der Waals surface area contributed by atoms with Crippen LogP contribution in [0.1, 0.15) is 34.1 Å². The highest BCUT2D eigenvalue weighted by Crippen LogP contribution is 2.17. The van der Waals surface area contributed by atoms with Crippen LogP contribution in [0.25, 0.3) is 0 Å². The molecule has 0 aliphatic rings. The number of rotatable bonds is 7. The highest BCUT2D eigenvalue weighted by molar-refractivity contribution is 5.38. The second kappa shape index (κ2) is 7.16. The highest BCUT2D eigenvalue weighted by atomic mass is 16.5. The molecular formula is C13H24N4O. The van der Waals surface area contributed by atoms with Gasteiger partial charge in [0.05, 0.1) is 18.5 Å². The first kappa shape index (κ1) is 14.7. The summed E-state index contributed by atoms with van der Waals surface area (Å²) in [4.78, 5) is 10.9. The molecule has 1 rings (SSSR count). The second-order valence-electron chi connectivity index (χ2n) is 4.81. The van der Waals surface area contributed by atoms with Gasteiger partial charge in [-0.15, -0.1) is 0 Å². The van der Waals surface area contributed by atoms with Gasteiger partial charge in [-0.1, -0.05) is 0 Å². The third-order valence-corrected chi connectivity index (χ3v) is 2.48. The zero-order valence-corrected chi connectivity index (χ0v) is 11.8. The average molecular weight is 252 g/mol. The first-order valence-corrected chi connectivity index (χ1v) is 6.50. The lowest BCUT2D eigenvalue weighted by atomic mass is 10.3. The predicted molar refractivity (Wildman–Crippen MR) is 73.9 cm³/mol. The van der Waals surface area contributed by atoms with Crippen LogP contribution in [0.4, 0.5) is 5.82 Å². The zero-order chi connectivity index (χ0) is 13.5. The Morgan fingerprint density at radius 3 is 2.56 bits per heavy atom. The van der Waals surface area contributed by atoms with Crippen LogP contribution in [-0.2, 0) is 0 Å². The van der Waals surface area contributed by atoms with Gasteiger partial charge in [0.25, 0.3) is 0 Å². The molecule has 2 N–H and O–H groups in total. The quantitative estimate of drug-likeness (QED) is 0.802. The van der Waals surface area contributed by atoms with Crippen molar-refractivity contribution in [3.63, 3.8) is 0 Å². The number of hydrogen-bond acceptors (Lipinski definition) is 5. The van der Waals surface area contributed by atoms with Crippen molar-refractivity contribution in [2.45, 2.75) is 46.3 Å². The summed E-state index contributed by atoms with van der Waals surface area (Å²) in [5.74, 6) is 1.41. The topological polar surface area (TPSA) is 64.3 Å². The van der Waals surface area contributed by atoms with Crippen molar-refractivity contribution >= 4 is 5.82 Å². The van der Waals surface area contributed by atoms with Gasteiger partial charge >= 0.3 is 0 Å². The van der Waals surface area contributed by atoms with Gasteiger partial charge in [0.2, 0.25) is 5.88 Å². The van der Waals surface area contributed by atoms with Crippen molar-refractivity contribution in [1.29, 1.82) is 0 Å². The highest BCUT2D eigenvalue weighted by Gasteiger charge is 2.13. The summed E-state index contributed by atoms with van der Waals surface area (Å²) in [5.41, 5.74) is 5.56. The lowest BCUT2D eigenvalue weighted by molar-refractivity contribution is 0.231. The van der Waals surface area contributed by atoms with E-state index in [2.05, 4.69) is 28.7 Å². The minimum atomic E-state index is 0.103. The molecule has 0 aromatic carbocycles. The Bertz CT molecular complexity index is 355. The summed E-state index contributed by atoms with van der Waals surface area (Å²) in [7, 11) is 0. The largest absolute Gasteiger partial charge is 0.474 e. The average Bonchev–Trinajstić information content (AvgIpc) is 2.28. The Morgan fingerprint density at radius 1 is 1.28 bits per heavy atom. The van der Waals surface area contributed by atoms with E-state index >= 15 is 0 Å². The molecule has 5 heteroatoms. The first-order valence-electron chi connectivity index (χ1n) is 6.50. The van der Waals surface area contributed by atoms with Gasteiger partial charge in [-0.3, -0.25) is 4.98 Å². The SMILES string of the molecule is CC(C)Oc1cncc(N(CCCN)C(C)C)n1. The van der Waals surface area contributed by atoms with Crippen molar-refractivity contribution in [3.05, 3.63) is 12.4 Å². The maximum atomic E-state index is 5.56. The van der Waals surface area contributed by atoms with Crippen LogP contribution in [0, 0.1) is 0 Å². The predicted octanol–water partition coefficient (Wildman–Crippen LogP) is 1.83. The lowest BCUT2D eigenvalue weighted by Crippen LogP contribution is -2.33. The Kier molecular flexibility index (Phi) is 5.85. The van der Waals surface area contributed by atoms with Crippen LogP contribution in [0.2, 0.25) is 0 Å². The van der Waals surface area contributed by atoms with E-state index in [0.717, 1.165) is 18.8 Å². The van der Waals surface area contributed by atoms with E-state index in [1.165, 1.54) is 0 Å². The smallest absolute Gasteiger partial charge is 0.234 e. The normalized spacial score (nSPS) is 11.1. The van der Waals surface area contributed by atoms with E-state index in [4.69, 9.17) is 10.5 Å². The molecule has 0 atom stereocenters. The second-order valence-corrected chi connectivity index (χ2v) is 4.81. The number of nitrogens with two attached hydrogens (primary N) is 1. The van der Waals surface area contributed by atoms with Gasteiger partial charge in [0, 0.05) is 12.6 Å². The van der Waals surface area contributed by atoms with Crippen molar-refractivity contribution in [1.82, 2.24) is 9.97 Å². The molecule has 0 spiro atoms. The summed E-state index contributed by atoms with van der Waals surface area (Å²) < 4.78 is 5.56. The number of anilines is 1. The van der Waals surface area contributed by atoms with E-state index < -0.39 is 0 Å². The standard InChI is InChI=1S/C13H24N4O/c1-10(2)17(7-5-6-14)12-8-15-9-13(16-12)18-11(3)4/h8-11H,5-7,14H2,1-4H3. The fourth-order valence-electron chi connectivity index (χ4n) is 1.67. The van der Waals surface area contributed by atoms with E-state index in [1.807, 2.05) is 13.8 Å². The van der Waals surface area contributed by atoms with E-state index in [0.29, 0.717) is 18.5 Å². The number of hydrogen-bond donors (Lipinski definition) is 1. The molecule has 0 fully saturated rings. The van der Waals surface area contributed by atoms with Gasteiger partial charge in [-0.25, -0.2) is 0 Å². The molecule has 0 saturated heterocycles. The van der Waals surface area contributed by atoms with Crippen molar-refractivity contribution in [2.24, 2.45) is 5.73 Å². The molecule has 0 unspecified atom stereocenters. The number of nitrogens with zero attached hydrogens (tertiary/aromatic N) is 3. The minimum Gasteiger partial charge on any atom is -0.474 e. The van der Waals surface area contributed by atoms with Crippen molar-refractivity contribution < 1.29 is 4.74 Å². The van der Waals surface area contributed by atoms with Gasteiger partial charge < -0.3 is 15.4 Å². The van der Waals surface area contributed by atoms with E-state index in [1.54, 1.807) is 12.4 Å². The van der Waals surface area contributed by atoms with Gasteiger partial charge in [-0.05, 0) is 40.7 Å². The fourth-order valence-corrected chi connectivity index (χ4v) is 1.67. The fraction of sp³-hybridized carbons (Fsp3) is 0.692. The minimum absolute atomic E-state index is 0.103. The zero-order valence-electron chi connectivity index (χ0n) is 11.8. The van der Waals surface area contributed by atoms with Crippen LogP contribution in [0.15, 0.2) is 12.4 Å².